The van der Waals surface area contributed by atoms with E-state index in [2.05, 4.69) is 9.82 Å². The lowest BCUT2D eigenvalue weighted by molar-refractivity contribution is 0.268. The molecule has 0 aliphatic heterocycles. The number of aliphatic hydroxyl groups is 1. The van der Waals surface area contributed by atoms with Crippen LogP contribution >= 0.6 is 0 Å². The van der Waals surface area contributed by atoms with Gasteiger partial charge in [-0.15, -0.1) is 0 Å². The number of hydrogen-bond acceptors (Lipinski definition) is 4. The number of sulfonamides is 1. The van der Waals surface area contributed by atoms with E-state index in [9.17, 15) is 17.2 Å². The van der Waals surface area contributed by atoms with Crippen molar-refractivity contribution in [2.75, 3.05) is 11.3 Å². The zero-order chi connectivity index (χ0) is 15.6. The van der Waals surface area contributed by atoms with Crippen molar-refractivity contribution >= 4 is 15.8 Å². The summed E-state index contributed by atoms with van der Waals surface area (Å²) in [5.41, 5.74) is 0.632. The molecule has 1 aromatic heterocycles. The number of rotatable bonds is 5. The highest BCUT2D eigenvalue weighted by Gasteiger charge is 2.18. The second kappa shape index (κ2) is 5.78. The fourth-order valence-corrected chi connectivity index (χ4v) is 2.79. The first-order chi connectivity index (χ1) is 9.81. The van der Waals surface area contributed by atoms with Crippen LogP contribution in [0.25, 0.3) is 0 Å². The monoisotopic (exact) mass is 317 g/mol. The molecule has 0 fully saturated rings. The van der Waals surface area contributed by atoms with Crippen LogP contribution in [0.15, 0.2) is 29.2 Å². The van der Waals surface area contributed by atoms with Gasteiger partial charge in [0.15, 0.2) is 5.82 Å². The van der Waals surface area contributed by atoms with Crippen molar-refractivity contribution in [3.8, 4) is 0 Å². The predicted molar refractivity (Wildman–Crippen MR) is 71.2 cm³/mol. The van der Waals surface area contributed by atoms with E-state index >= 15 is 0 Å². The van der Waals surface area contributed by atoms with Crippen molar-refractivity contribution < 1.29 is 22.3 Å². The molecule has 0 amide bonds. The first-order valence-electron chi connectivity index (χ1n) is 5.96. The summed E-state index contributed by atoms with van der Waals surface area (Å²) in [6.07, 6.45) is 0. The van der Waals surface area contributed by atoms with Crippen molar-refractivity contribution in [1.29, 1.82) is 0 Å². The zero-order valence-corrected chi connectivity index (χ0v) is 11.9. The van der Waals surface area contributed by atoms with Crippen LogP contribution in [0.3, 0.4) is 0 Å². The molecule has 0 saturated heterocycles. The van der Waals surface area contributed by atoms with E-state index in [-0.39, 0.29) is 19.0 Å². The van der Waals surface area contributed by atoms with E-state index in [0.717, 1.165) is 0 Å². The number of aliphatic hydroxyl groups excluding tert-OH is 1. The molecule has 0 radical (unpaired) electrons. The highest BCUT2D eigenvalue weighted by atomic mass is 32.2. The molecule has 1 heterocycles. The van der Waals surface area contributed by atoms with Crippen LogP contribution in [0.5, 0.6) is 0 Å². The van der Waals surface area contributed by atoms with Crippen LogP contribution < -0.4 is 4.72 Å². The Balaban J connectivity index is 2.30. The molecule has 0 aliphatic rings. The number of aromatic nitrogens is 2. The number of aryl methyl sites for hydroxylation is 1. The van der Waals surface area contributed by atoms with Gasteiger partial charge < -0.3 is 5.11 Å². The van der Waals surface area contributed by atoms with Gasteiger partial charge in [-0.05, 0) is 19.1 Å². The van der Waals surface area contributed by atoms with Gasteiger partial charge in [0, 0.05) is 17.8 Å². The van der Waals surface area contributed by atoms with Gasteiger partial charge in [-0.3, -0.25) is 9.40 Å². The van der Waals surface area contributed by atoms with Gasteiger partial charge in [0.05, 0.1) is 18.0 Å². The second-order valence-corrected chi connectivity index (χ2v) is 6.01. The summed E-state index contributed by atoms with van der Waals surface area (Å²) in [6.45, 7) is 1.74. The number of benzene rings is 1. The topological polar surface area (TPSA) is 84.2 Å². The highest BCUT2D eigenvalue weighted by Crippen LogP contribution is 2.18. The molecule has 2 rings (SSSR count). The zero-order valence-electron chi connectivity index (χ0n) is 11.0. The highest BCUT2D eigenvalue weighted by molar-refractivity contribution is 7.92. The average molecular weight is 317 g/mol. The van der Waals surface area contributed by atoms with Crippen LogP contribution in [-0.2, 0) is 16.6 Å². The molecule has 9 heteroatoms. The van der Waals surface area contributed by atoms with Gasteiger partial charge in [0.2, 0.25) is 0 Å². The first-order valence-corrected chi connectivity index (χ1v) is 7.44. The Bertz CT molecular complexity index is 739. The molecule has 21 heavy (non-hydrogen) atoms. The Kier molecular flexibility index (Phi) is 4.24. The number of nitrogens with one attached hydrogen (secondary N) is 1. The molecule has 0 spiro atoms. The lowest BCUT2D eigenvalue weighted by Crippen LogP contribution is -2.14. The average Bonchev–Trinajstić information content (AvgIpc) is 2.68. The quantitative estimate of drug-likeness (QED) is 0.869. The van der Waals surface area contributed by atoms with Gasteiger partial charge in [0.25, 0.3) is 10.0 Å². The maximum absolute atomic E-state index is 13.1. The summed E-state index contributed by atoms with van der Waals surface area (Å²) < 4.78 is 53.8. The number of anilines is 1. The molecule has 6 nitrogen and oxygen atoms in total. The minimum Gasteiger partial charge on any atom is -0.394 e. The van der Waals surface area contributed by atoms with Crippen LogP contribution in [0.4, 0.5) is 14.6 Å². The summed E-state index contributed by atoms with van der Waals surface area (Å²) in [7, 11) is -4.15. The third-order valence-corrected chi connectivity index (χ3v) is 4.01. The van der Waals surface area contributed by atoms with E-state index in [1.54, 1.807) is 6.92 Å². The molecule has 0 aliphatic carbocycles. The Labute approximate surface area is 120 Å². The first kappa shape index (κ1) is 15.4. The molecular formula is C12H13F2N3O3S. The molecule has 1 aromatic carbocycles. The molecule has 0 bridgehead atoms. The lowest BCUT2D eigenvalue weighted by atomic mass is 10.3. The molecule has 2 N–H and O–H groups in total. The Morgan fingerprint density at radius 3 is 2.43 bits per heavy atom. The fourth-order valence-electron chi connectivity index (χ4n) is 1.76. The molecule has 0 saturated carbocycles. The maximum atomic E-state index is 13.1. The number of halogens is 2. The second-order valence-electron chi connectivity index (χ2n) is 4.33. The molecular weight excluding hydrogens is 304 g/mol. The molecule has 2 aromatic rings. The summed E-state index contributed by atoms with van der Waals surface area (Å²) in [5, 5.41) is 12.8. The van der Waals surface area contributed by atoms with Crippen molar-refractivity contribution in [2.24, 2.45) is 0 Å². The molecule has 114 valence electrons. The van der Waals surface area contributed by atoms with Crippen molar-refractivity contribution in [1.82, 2.24) is 9.78 Å². The van der Waals surface area contributed by atoms with E-state index in [0.29, 0.717) is 23.9 Å². The van der Waals surface area contributed by atoms with E-state index in [1.165, 1.54) is 10.7 Å². The fraction of sp³-hybridized carbons (Fsp3) is 0.250. The van der Waals surface area contributed by atoms with Gasteiger partial charge in [0.1, 0.15) is 11.6 Å². The third kappa shape index (κ3) is 3.56. The van der Waals surface area contributed by atoms with Crippen LogP contribution in [0.1, 0.15) is 5.69 Å². The maximum Gasteiger partial charge on any atom is 0.263 e. The number of nitrogens with zero attached hydrogens (tertiary/aromatic N) is 2. The van der Waals surface area contributed by atoms with Crippen LogP contribution in [-0.4, -0.2) is 29.9 Å². The van der Waals surface area contributed by atoms with Gasteiger partial charge in [-0.25, -0.2) is 17.2 Å². The number of hydrogen-bond donors (Lipinski definition) is 2. The smallest absolute Gasteiger partial charge is 0.263 e. The summed E-state index contributed by atoms with van der Waals surface area (Å²) >= 11 is 0. The van der Waals surface area contributed by atoms with E-state index in [4.69, 9.17) is 5.11 Å². The van der Waals surface area contributed by atoms with E-state index in [1.807, 2.05) is 0 Å². The van der Waals surface area contributed by atoms with Gasteiger partial charge >= 0.3 is 0 Å². The van der Waals surface area contributed by atoms with Gasteiger partial charge in [-0.1, -0.05) is 0 Å². The Morgan fingerprint density at radius 1 is 1.24 bits per heavy atom. The minimum atomic E-state index is -4.15. The van der Waals surface area contributed by atoms with Crippen molar-refractivity contribution in [2.45, 2.75) is 18.4 Å². The summed E-state index contributed by atoms with van der Waals surface area (Å²) in [5.74, 6) is -1.97. The SMILES string of the molecule is Cc1cc(NS(=O)(=O)c2cc(F)cc(F)c2)nn1CCO. The molecule has 0 unspecified atom stereocenters. The molecule has 0 atom stereocenters. The largest absolute Gasteiger partial charge is 0.394 e. The Morgan fingerprint density at radius 2 is 1.86 bits per heavy atom. The van der Waals surface area contributed by atoms with Crippen LogP contribution in [0, 0.1) is 18.6 Å². The lowest BCUT2D eigenvalue weighted by Gasteiger charge is -2.06. The van der Waals surface area contributed by atoms with Crippen LogP contribution in [0.2, 0.25) is 0 Å². The van der Waals surface area contributed by atoms with Crippen molar-refractivity contribution in [3.05, 3.63) is 41.6 Å². The normalized spacial score (nSPS) is 11.6. The Hall–Kier alpha value is -2.00. The minimum absolute atomic E-state index is 0.00520. The summed E-state index contributed by atoms with van der Waals surface area (Å²) in [6, 6.07) is 3.45. The standard InChI is InChI=1S/C12H13F2N3O3S/c1-8-4-12(15-17(8)2-3-18)16-21(19,20)11-6-9(13)5-10(14)7-11/h4-7,18H,2-3H2,1H3,(H,15,16). The third-order valence-electron chi connectivity index (χ3n) is 2.68. The van der Waals surface area contributed by atoms with E-state index < -0.39 is 26.6 Å². The van der Waals surface area contributed by atoms with Crippen molar-refractivity contribution in [3.63, 3.8) is 0 Å². The predicted octanol–water partition coefficient (Wildman–Crippen LogP) is 1.26. The van der Waals surface area contributed by atoms with Gasteiger partial charge in [-0.2, -0.15) is 5.10 Å². The summed E-state index contributed by atoms with van der Waals surface area (Å²) in [4.78, 5) is -0.533.